The van der Waals surface area contributed by atoms with Crippen molar-refractivity contribution in [2.24, 2.45) is 0 Å². The molecule has 3 heteroatoms. The van der Waals surface area contributed by atoms with Crippen LogP contribution in [0.25, 0.3) is 22.2 Å². The van der Waals surface area contributed by atoms with Gasteiger partial charge in [0.25, 0.3) is 5.91 Å². The zero-order valence-electron chi connectivity index (χ0n) is 15.8. The molecule has 0 radical (unpaired) electrons. The Morgan fingerprint density at radius 1 is 0.923 bits per heavy atom. The standard InChI is InChI=1S/C23H26N2O/c1-4-15-25(16-5-2)23(26)21-17(3)22(18-11-7-6-8-12-18)24-20-14-10-9-13-19(20)21/h6-14H,4-5,15-16H2,1-3H3. The number of carbonyl (C=O) groups is 1. The molecule has 1 heterocycles. The van der Waals surface area contributed by atoms with Crippen LogP contribution in [0.2, 0.25) is 0 Å². The maximum atomic E-state index is 13.4. The number of carbonyl (C=O) groups excluding carboxylic acids is 1. The summed E-state index contributed by atoms with van der Waals surface area (Å²) in [7, 11) is 0. The molecule has 0 bridgehead atoms. The molecule has 3 nitrogen and oxygen atoms in total. The number of hydrogen-bond acceptors (Lipinski definition) is 2. The molecule has 2 aromatic carbocycles. The fourth-order valence-electron chi connectivity index (χ4n) is 3.47. The average molecular weight is 346 g/mol. The SMILES string of the molecule is CCCN(CCC)C(=O)c1c(C)c(-c2ccccc2)nc2ccccc12. The molecule has 134 valence electrons. The van der Waals surface area contributed by atoms with Gasteiger partial charge in [0.15, 0.2) is 0 Å². The number of fused-ring (bicyclic) bond motifs is 1. The Morgan fingerprint density at radius 3 is 2.19 bits per heavy atom. The van der Waals surface area contributed by atoms with Gasteiger partial charge in [-0.15, -0.1) is 0 Å². The number of rotatable bonds is 6. The average Bonchev–Trinajstić information content (AvgIpc) is 2.67. The molecule has 26 heavy (non-hydrogen) atoms. The van der Waals surface area contributed by atoms with Gasteiger partial charge in [-0.3, -0.25) is 4.79 Å². The monoisotopic (exact) mass is 346 g/mol. The summed E-state index contributed by atoms with van der Waals surface area (Å²) in [6, 6.07) is 18.1. The number of aromatic nitrogens is 1. The number of benzene rings is 2. The Morgan fingerprint density at radius 2 is 1.54 bits per heavy atom. The first-order chi connectivity index (χ1) is 12.7. The quantitative estimate of drug-likeness (QED) is 0.593. The molecule has 0 aliphatic heterocycles. The van der Waals surface area contributed by atoms with Crippen LogP contribution >= 0.6 is 0 Å². The van der Waals surface area contributed by atoms with Gasteiger partial charge in [-0.1, -0.05) is 62.4 Å². The van der Waals surface area contributed by atoms with E-state index in [0.717, 1.165) is 59.2 Å². The van der Waals surface area contributed by atoms with Crippen LogP contribution < -0.4 is 0 Å². The van der Waals surface area contributed by atoms with E-state index >= 15 is 0 Å². The Labute approximate surface area is 155 Å². The van der Waals surface area contributed by atoms with Crippen molar-refractivity contribution in [2.75, 3.05) is 13.1 Å². The normalized spacial score (nSPS) is 10.9. The predicted molar refractivity (Wildman–Crippen MR) is 108 cm³/mol. The van der Waals surface area contributed by atoms with Gasteiger partial charge in [0.2, 0.25) is 0 Å². The zero-order chi connectivity index (χ0) is 18.5. The summed E-state index contributed by atoms with van der Waals surface area (Å²) in [5.74, 6) is 0.113. The molecule has 0 aliphatic carbocycles. The first-order valence-electron chi connectivity index (χ1n) is 9.41. The van der Waals surface area contributed by atoms with Gasteiger partial charge >= 0.3 is 0 Å². The molecule has 0 saturated carbocycles. The second-order valence-electron chi connectivity index (χ2n) is 6.64. The predicted octanol–water partition coefficient (Wildman–Crippen LogP) is 5.47. The highest BCUT2D eigenvalue weighted by molar-refractivity contribution is 6.08. The third-order valence-electron chi connectivity index (χ3n) is 4.67. The minimum Gasteiger partial charge on any atom is -0.339 e. The third-order valence-corrected chi connectivity index (χ3v) is 4.67. The van der Waals surface area contributed by atoms with E-state index in [2.05, 4.69) is 13.8 Å². The van der Waals surface area contributed by atoms with Gasteiger partial charge in [0.05, 0.1) is 16.8 Å². The van der Waals surface area contributed by atoms with E-state index in [4.69, 9.17) is 4.98 Å². The highest BCUT2D eigenvalue weighted by Crippen LogP contribution is 2.30. The Bertz CT molecular complexity index is 897. The number of hydrogen-bond donors (Lipinski definition) is 0. The molecule has 0 saturated heterocycles. The van der Waals surface area contributed by atoms with Gasteiger partial charge in [0.1, 0.15) is 0 Å². The van der Waals surface area contributed by atoms with E-state index in [9.17, 15) is 4.79 Å². The lowest BCUT2D eigenvalue weighted by Crippen LogP contribution is -2.33. The smallest absolute Gasteiger partial charge is 0.254 e. The number of para-hydroxylation sites is 1. The van der Waals surface area contributed by atoms with Crippen molar-refractivity contribution in [3.8, 4) is 11.3 Å². The van der Waals surface area contributed by atoms with E-state index in [1.807, 2.05) is 66.4 Å². The molecule has 0 N–H and O–H groups in total. The first-order valence-corrected chi connectivity index (χ1v) is 9.41. The molecule has 1 aromatic heterocycles. The van der Waals surface area contributed by atoms with Crippen LogP contribution in [0.3, 0.4) is 0 Å². The molecule has 0 unspecified atom stereocenters. The van der Waals surface area contributed by atoms with Crippen molar-refractivity contribution in [3.63, 3.8) is 0 Å². The highest BCUT2D eigenvalue weighted by Gasteiger charge is 2.22. The van der Waals surface area contributed by atoms with Crippen LogP contribution in [0, 0.1) is 6.92 Å². The molecule has 0 atom stereocenters. The van der Waals surface area contributed by atoms with Gasteiger partial charge < -0.3 is 4.90 Å². The first kappa shape index (κ1) is 18.1. The second-order valence-corrected chi connectivity index (χ2v) is 6.64. The lowest BCUT2D eigenvalue weighted by molar-refractivity contribution is 0.0757. The van der Waals surface area contributed by atoms with Crippen LogP contribution in [0.4, 0.5) is 0 Å². The van der Waals surface area contributed by atoms with Gasteiger partial charge in [-0.05, 0) is 31.4 Å². The van der Waals surface area contributed by atoms with Crippen LogP contribution in [0.5, 0.6) is 0 Å². The van der Waals surface area contributed by atoms with Gasteiger partial charge in [-0.2, -0.15) is 0 Å². The molecular formula is C23H26N2O. The molecule has 3 aromatic rings. The lowest BCUT2D eigenvalue weighted by Gasteiger charge is -2.24. The van der Waals surface area contributed by atoms with Crippen LogP contribution in [0.1, 0.15) is 42.6 Å². The van der Waals surface area contributed by atoms with E-state index in [0.29, 0.717) is 0 Å². The van der Waals surface area contributed by atoms with Gasteiger partial charge in [0, 0.05) is 24.0 Å². The molecule has 0 fully saturated rings. The summed E-state index contributed by atoms with van der Waals surface area (Å²) in [5, 5.41) is 0.937. The Hall–Kier alpha value is -2.68. The van der Waals surface area contributed by atoms with Crippen LogP contribution in [-0.2, 0) is 0 Å². The van der Waals surface area contributed by atoms with E-state index in [1.54, 1.807) is 0 Å². The molecule has 3 rings (SSSR count). The highest BCUT2D eigenvalue weighted by atomic mass is 16.2. The van der Waals surface area contributed by atoms with E-state index in [-0.39, 0.29) is 5.91 Å². The van der Waals surface area contributed by atoms with Crippen molar-refractivity contribution in [1.29, 1.82) is 0 Å². The van der Waals surface area contributed by atoms with Crippen LogP contribution in [0.15, 0.2) is 54.6 Å². The second kappa shape index (κ2) is 8.13. The summed E-state index contributed by atoms with van der Waals surface area (Å²) < 4.78 is 0. The topological polar surface area (TPSA) is 33.2 Å². The maximum absolute atomic E-state index is 13.4. The minimum absolute atomic E-state index is 0.113. The van der Waals surface area contributed by atoms with E-state index in [1.165, 1.54) is 0 Å². The largest absolute Gasteiger partial charge is 0.339 e. The fourth-order valence-corrected chi connectivity index (χ4v) is 3.47. The molecule has 0 spiro atoms. The summed E-state index contributed by atoms with van der Waals surface area (Å²) >= 11 is 0. The summed E-state index contributed by atoms with van der Waals surface area (Å²) in [4.78, 5) is 20.3. The van der Waals surface area contributed by atoms with Crippen molar-refractivity contribution < 1.29 is 4.79 Å². The number of nitrogens with zero attached hydrogens (tertiary/aromatic N) is 2. The maximum Gasteiger partial charge on any atom is 0.254 e. The van der Waals surface area contributed by atoms with E-state index < -0.39 is 0 Å². The van der Waals surface area contributed by atoms with Crippen molar-refractivity contribution in [3.05, 3.63) is 65.7 Å². The fraction of sp³-hybridized carbons (Fsp3) is 0.304. The Kier molecular flexibility index (Phi) is 5.67. The van der Waals surface area contributed by atoms with Crippen molar-refractivity contribution in [1.82, 2.24) is 9.88 Å². The zero-order valence-corrected chi connectivity index (χ0v) is 15.8. The Balaban J connectivity index is 2.23. The van der Waals surface area contributed by atoms with Crippen LogP contribution in [-0.4, -0.2) is 28.9 Å². The molecular weight excluding hydrogens is 320 g/mol. The lowest BCUT2D eigenvalue weighted by atomic mass is 9.96. The number of amides is 1. The third kappa shape index (κ3) is 3.48. The molecule has 1 amide bonds. The summed E-state index contributed by atoms with van der Waals surface area (Å²) in [5.41, 5.74) is 4.55. The van der Waals surface area contributed by atoms with Crippen molar-refractivity contribution in [2.45, 2.75) is 33.6 Å². The minimum atomic E-state index is 0.113. The number of pyridine rings is 1. The summed E-state index contributed by atoms with van der Waals surface area (Å²) in [6.07, 6.45) is 1.92. The molecule has 0 aliphatic rings. The van der Waals surface area contributed by atoms with Gasteiger partial charge in [-0.25, -0.2) is 4.98 Å². The van der Waals surface area contributed by atoms with Crippen molar-refractivity contribution >= 4 is 16.8 Å². The summed E-state index contributed by atoms with van der Waals surface area (Å²) in [6.45, 7) is 7.81.